The molecule has 0 rings (SSSR count). The van der Waals surface area contributed by atoms with Crippen LogP contribution < -0.4 is 0 Å². The van der Waals surface area contributed by atoms with Crippen LogP contribution in [0.15, 0.2) is 51.7 Å². The fourth-order valence-corrected chi connectivity index (χ4v) is 2.22. The maximum atomic E-state index is 8.23. The van der Waals surface area contributed by atoms with Crippen molar-refractivity contribution in [2.45, 2.75) is 73.1 Å². The molecule has 3 nitrogen and oxygen atoms in total. The molecule has 0 amide bonds. The Balaban J connectivity index is 4.00. The molecule has 128 valence electrons. The summed E-state index contributed by atoms with van der Waals surface area (Å²) in [4.78, 5) is 2.75. The van der Waals surface area contributed by atoms with Crippen LogP contribution in [0.1, 0.15) is 73.1 Å². The van der Waals surface area contributed by atoms with Crippen molar-refractivity contribution in [3.05, 3.63) is 57.0 Å². The van der Waals surface area contributed by atoms with Gasteiger partial charge in [0, 0.05) is 11.5 Å². The van der Waals surface area contributed by atoms with Gasteiger partial charge in [0.05, 0.1) is 0 Å². The largest absolute Gasteiger partial charge is 0.0899 e. The smallest absolute Gasteiger partial charge is 0.0442 e. The molecular weight excluding hydrogens is 282 g/mol. The molecule has 0 fully saturated rings. The number of hydrogen-bond donors (Lipinski definition) is 0. The maximum Gasteiger partial charge on any atom is 0.0442 e. The summed E-state index contributed by atoms with van der Waals surface area (Å²) in [6, 6.07) is 0. The van der Waals surface area contributed by atoms with Gasteiger partial charge in [-0.2, -0.15) is 0 Å². The Kier molecular flexibility index (Phi) is 12.9. The van der Waals surface area contributed by atoms with Crippen molar-refractivity contribution < 1.29 is 0 Å². The van der Waals surface area contributed by atoms with Gasteiger partial charge in [-0.3, -0.25) is 0 Å². The van der Waals surface area contributed by atoms with Crippen LogP contribution in [0.5, 0.6) is 0 Å². The molecule has 0 aromatic carbocycles. The highest BCUT2D eigenvalue weighted by molar-refractivity contribution is 5.07. The summed E-state index contributed by atoms with van der Waals surface area (Å²) in [6.45, 7) is 11.3. The van der Waals surface area contributed by atoms with Crippen molar-refractivity contribution in [1.82, 2.24) is 0 Å². The standard InChI is InChI=1S/C20H33N3/c1-17(2)9-6-10-18(3)11-7-12-19(4)13-8-14-20(5)15-16-22-23-21/h9,11,13,15H,6-8,10,12,14,16H2,1-5H3/b18-11+,19-13?,20-15+. The molecule has 0 aromatic rings. The van der Waals surface area contributed by atoms with Crippen molar-refractivity contribution >= 4 is 0 Å². The first-order chi connectivity index (χ1) is 11.0. The second-order valence-electron chi connectivity index (χ2n) is 6.46. The Morgan fingerprint density at radius 1 is 0.739 bits per heavy atom. The summed E-state index contributed by atoms with van der Waals surface area (Å²) in [7, 11) is 0. The SMILES string of the molecule is CC(C)=CCC/C(C)=C/CCC(C)=CCC/C(C)=C/CN=[N+]=[N-]. The minimum atomic E-state index is 0.460. The summed E-state index contributed by atoms with van der Waals surface area (Å²) in [5.74, 6) is 0. The Morgan fingerprint density at radius 2 is 1.17 bits per heavy atom. The quantitative estimate of drug-likeness (QED) is 0.165. The average molecular weight is 316 g/mol. The Labute approximate surface area is 142 Å². The zero-order valence-electron chi connectivity index (χ0n) is 15.6. The second-order valence-corrected chi connectivity index (χ2v) is 6.46. The van der Waals surface area contributed by atoms with Gasteiger partial charge in [-0.25, -0.2) is 0 Å². The molecular formula is C20H33N3. The third-order valence-corrected chi connectivity index (χ3v) is 3.74. The molecule has 3 heteroatoms. The third-order valence-electron chi connectivity index (χ3n) is 3.74. The molecule has 0 N–H and O–H groups in total. The van der Waals surface area contributed by atoms with E-state index in [1.54, 1.807) is 0 Å². The van der Waals surface area contributed by atoms with E-state index in [0.29, 0.717) is 6.54 Å². The van der Waals surface area contributed by atoms with Crippen LogP contribution in [0.4, 0.5) is 0 Å². The fourth-order valence-electron chi connectivity index (χ4n) is 2.22. The van der Waals surface area contributed by atoms with E-state index in [0.717, 1.165) is 32.1 Å². The van der Waals surface area contributed by atoms with E-state index in [-0.39, 0.29) is 0 Å². The minimum absolute atomic E-state index is 0.460. The highest BCUT2D eigenvalue weighted by Gasteiger charge is 1.93. The zero-order chi connectivity index (χ0) is 17.5. The molecule has 0 aromatic heterocycles. The van der Waals surface area contributed by atoms with E-state index in [4.69, 9.17) is 5.53 Å². The van der Waals surface area contributed by atoms with E-state index in [1.807, 2.05) is 6.08 Å². The van der Waals surface area contributed by atoms with Crippen molar-refractivity contribution in [1.29, 1.82) is 0 Å². The van der Waals surface area contributed by atoms with Gasteiger partial charge < -0.3 is 0 Å². The van der Waals surface area contributed by atoms with Gasteiger partial charge in [0.1, 0.15) is 0 Å². The number of azide groups is 1. The Hall–Kier alpha value is -1.73. The van der Waals surface area contributed by atoms with Gasteiger partial charge in [-0.1, -0.05) is 51.7 Å². The highest BCUT2D eigenvalue weighted by Crippen LogP contribution is 2.13. The number of allylic oxidation sites excluding steroid dienone is 7. The van der Waals surface area contributed by atoms with Gasteiger partial charge in [-0.05, 0) is 78.7 Å². The van der Waals surface area contributed by atoms with E-state index in [2.05, 4.69) is 62.9 Å². The molecule has 23 heavy (non-hydrogen) atoms. The van der Waals surface area contributed by atoms with Crippen molar-refractivity contribution in [3.63, 3.8) is 0 Å². The van der Waals surface area contributed by atoms with E-state index in [9.17, 15) is 0 Å². The van der Waals surface area contributed by atoms with E-state index in [1.165, 1.54) is 28.7 Å². The molecule has 0 saturated heterocycles. The monoisotopic (exact) mass is 315 g/mol. The zero-order valence-corrected chi connectivity index (χ0v) is 15.6. The summed E-state index contributed by atoms with van der Waals surface area (Å²) in [6.07, 6.45) is 15.7. The second kappa shape index (κ2) is 13.9. The molecule has 0 atom stereocenters. The van der Waals surface area contributed by atoms with Crippen LogP contribution in [0.3, 0.4) is 0 Å². The minimum Gasteiger partial charge on any atom is -0.0899 e. The first kappa shape index (κ1) is 21.3. The Bertz CT molecular complexity index is 497. The number of nitrogens with zero attached hydrogens (tertiary/aromatic N) is 3. The first-order valence-electron chi connectivity index (χ1n) is 8.56. The van der Waals surface area contributed by atoms with Gasteiger partial charge in [0.2, 0.25) is 0 Å². The molecule has 0 spiro atoms. The van der Waals surface area contributed by atoms with Gasteiger partial charge in [0.15, 0.2) is 0 Å². The lowest BCUT2D eigenvalue weighted by molar-refractivity contribution is 0.898. The molecule has 0 bridgehead atoms. The predicted octanol–water partition coefficient (Wildman–Crippen LogP) is 7.44. The van der Waals surface area contributed by atoms with Gasteiger partial charge in [0.25, 0.3) is 0 Å². The lowest BCUT2D eigenvalue weighted by Gasteiger charge is -2.02. The van der Waals surface area contributed by atoms with E-state index < -0.39 is 0 Å². The lowest BCUT2D eigenvalue weighted by atomic mass is 10.0. The highest BCUT2D eigenvalue weighted by atomic mass is 15.1. The third kappa shape index (κ3) is 15.0. The summed E-state index contributed by atoms with van der Waals surface area (Å²) in [5.41, 5.74) is 13.9. The predicted molar refractivity (Wildman–Crippen MR) is 102 cm³/mol. The lowest BCUT2D eigenvalue weighted by Crippen LogP contribution is -1.82. The summed E-state index contributed by atoms with van der Waals surface area (Å²) in [5, 5.41) is 3.52. The topological polar surface area (TPSA) is 48.8 Å². The van der Waals surface area contributed by atoms with Gasteiger partial charge in [-0.15, -0.1) is 0 Å². The van der Waals surface area contributed by atoms with Crippen LogP contribution in [-0.4, -0.2) is 6.54 Å². The molecule has 0 radical (unpaired) electrons. The van der Waals surface area contributed by atoms with Crippen LogP contribution in [0, 0.1) is 0 Å². The van der Waals surface area contributed by atoms with E-state index >= 15 is 0 Å². The fraction of sp³-hybridized carbons (Fsp3) is 0.600. The first-order valence-corrected chi connectivity index (χ1v) is 8.56. The number of rotatable bonds is 11. The van der Waals surface area contributed by atoms with Crippen LogP contribution >= 0.6 is 0 Å². The van der Waals surface area contributed by atoms with Gasteiger partial charge >= 0.3 is 0 Å². The molecule has 0 heterocycles. The Morgan fingerprint density at radius 3 is 1.61 bits per heavy atom. The maximum absolute atomic E-state index is 8.23. The van der Waals surface area contributed by atoms with Crippen molar-refractivity contribution in [2.75, 3.05) is 6.54 Å². The molecule has 0 unspecified atom stereocenters. The molecule has 0 aliphatic heterocycles. The normalized spacial score (nSPS) is 12.8. The van der Waals surface area contributed by atoms with Crippen molar-refractivity contribution in [2.24, 2.45) is 5.11 Å². The summed E-state index contributed by atoms with van der Waals surface area (Å²) >= 11 is 0. The molecule has 0 aliphatic carbocycles. The van der Waals surface area contributed by atoms with Crippen molar-refractivity contribution in [3.8, 4) is 0 Å². The average Bonchev–Trinajstić information content (AvgIpc) is 2.47. The van der Waals surface area contributed by atoms with Crippen LogP contribution in [-0.2, 0) is 0 Å². The summed E-state index contributed by atoms with van der Waals surface area (Å²) < 4.78 is 0. The van der Waals surface area contributed by atoms with Crippen LogP contribution in [0.25, 0.3) is 10.4 Å². The molecule has 0 saturated carbocycles. The molecule has 0 aliphatic rings. The number of hydrogen-bond acceptors (Lipinski definition) is 1. The van der Waals surface area contributed by atoms with Crippen LogP contribution in [0.2, 0.25) is 0 Å².